The molecule has 1 unspecified atom stereocenters. The van der Waals surface area contributed by atoms with Crippen molar-refractivity contribution in [1.29, 1.82) is 0 Å². The first-order chi connectivity index (χ1) is 15.8. The third kappa shape index (κ3) is 7.73. The SMILES string of the molecule is CC(c1ccccc1)N(CC=Cc1ccccc1)[C@H](CC(=O)OC(C)(C)C)c1ccccc1. The monoisotopic (exact) mass is 441 g/mol. The Labute approximate surface area is 198 Å². The van der Waals surface area contributed by atoms with Crippen molar-refractivity contribution in [1.82, 2.24) is 4.90 Å². The molecule has 3 aromatic carbocycles. The van der Waals surface area contributed by atoms with Gasteiger partial charge in [0.1, 0.15) is 5.60 Å². The van der Waals surface area contributed by atoms with Gasteiger partial charge >= 0.3 is 5.97 Å². The Morgan fingerprint density at radius 3 is 1.91 bits per heavy atom. The summed E-state index contributed by atoms with van der Waals surface area (Å²) in [6.07, 6.45) is 4.61. The molecule has 0 saturated carbocycles. The molecule has 172 valence electrons. The molecule has 0 bridgehead atoms. The number of benzene rings is 3. The van der Waals surface area contributed by atoms with E-state index in [0.29, 0.717) is 6.54 Å². The van der Waals surface area contributed by atoms with Crippen LogP contribution in [0.3, 0.4) is 0 Å². The molecule has 0 aliphatic carbocycles. The minimum absolute atomic E-state index is 0.110. The Hall–Kier alpha value is -3.17. The molecule has 3 heteroatoms. The van der Waals surface area contributed by atoms with Crippen LogP contribution in [0.4, 0.5) is 0 Å². The van der Waals surface area contributed by atoms with E-state index < -0.39 is 5.60 Å². The summed E-state index contributed by atoms with van der Waals surface area (Å²) < 4.78 is 5.72. The van der Waals surface area contributed by atoms with E-state index in [1.807, 2.05) is 63.2 Å². The van der Waals surface area contributed by atoms with Crippen LogP contribution in [-0.4, -0.2) is 23.0 Å². The maximum Gasteiger partial charge on any atom is 0.308 e. The molecule has 3 nitrogen and oxygen atoms in total. The molecule has 3 rings (SSSR count). The van der Waals surface area contributed by atoms with Crippen molar-refractivity contribution >= 4 is 12.0 Å². The fourth-order valence-corrected chi connectivity index (χ4v) is 4.00. The summed E-state index contributed by atoms with van der Waals surface area (Å²) in [4.78, 5) is 15.3. The Bertz CT molecular complexity index is 1010. The first-order valence-electron chi connectivity index (χ1n) is 11.6. The average molecular weight is 442 g/mol. The van der Waals surface area contributed by atoms with Crippen LogP contribution in [0.5, 0.6) is 0 Å². The molecule has 0 fully saturated rings. The van der Waals surface area contributed by atoms with Gasteiger partial charge < -0.3 is 4.74 Å². The quantitative estimate of drug-likeness (QED) is 0.328. The van der Waals surface area contributed by atoms with Crippen LogP contribution in [0.2, 0.25) is 0 Å². The number of ether oxygens (including phenoxy) is 1. The number of carbonyl (C=O) groups is 1. The van der Waals surface area contributed by atoms with Gasteiger partial charge in [0.2, 0.25) is 0 Å². The van der Waals surface area contributed by atoms with Crippen LogP contribution in [0.25, 0.3) is 6.08 Å². The Kier molecular flexibility index (Phi) is 8.62. The standard InChI is InChI=1S/C30H35NO2/c1-24(26-18-10-6-11-19-26)31(22-14-17-25-15-8-5-9-16-25)28(27-20-12-7-13-21-27)23-29(32)33-30(2,3)4/h5-21,24,28H,22-23H2,1-4H3/t24?,28-/m1/s1. The highest BCUT2D eigenvalue weighted by atomic mass is 16.6. The highest BCUT2D eigenvalue weighted by Gasteiger charge is 2.29. The van der Waals surface area contributed by atoms with Gasteiger partial charge in [-0.15, -0.1) is 0 Å². The summed E-state index contributed by atoms with van der Waals surface area (Å²) in [5.74, 6) is -0.186. The molecule has 0 spiro atoms. The van der Waals surface area contributed by atoms with Gasteiger partial charge in [-0.1, -0.05) is 103 Å². The van der Waals surface area contributed by atoms with Crippen molar-refractivity contribution in [3.8, 4) is 0 Å². The summed E-state index contributed by atoms with van der Waals surface area (Å²) in [6, 6.07) is 31.0. The van der Waals surface area contributed by atoms with Crippen LogP contribution in [0, 0.1) is 0 Å². The molecule has 0 aliphatic heterocycles. The predicted molar refractivity (Wildman–Crippen MR) is 137 cm³/mol. The van der Waals surface area contributed by atoms with Crippen molar-refractivity contribution in [2.24, 2.45) is 0 Å². The largest absolute Gasteiger partial charge is 0.460 e. The zero-order valence-corrected chi connectivity index (χ0v) is 20.1. The van der Waals surface area contributed by atoms with E-state index in [2.05, 4.69) is 72.5 Å². The molecule has 0 radical (unpaired) electrons. The van der Waals surface area contributed by atoms with Crippen LogP contribution in [0.1, 0.15) is 62.9 Å². The molecule has 33 heavy (non-hydrogen) atoms. The smallest absolute Gasteiger partial charge is 0.308 e. The fourth-order valence-electron chi connectivity index (χ4n) is 4.00. The summed E-state index contributed by atoms with van der Waals surface area (Å²) in [6.45, 7) is 8.64. The molecule has 0 N–H and O–H groups in total. The van der Waals surface area contributed by atoms with Gasteiger partial charge in [0.25, 0.3) is 0 Å². The maximum absolute atomic E-state index is 12.9. The van der Waals surface area contributed by atoms with E-state index in [1.54, 1.807) is 0 Å². The summed E-state index contributed by atoms with van der Waals surface area (Å²) in [7, 11) is 0. The molecule has 2 atom stereocenters. The van der Waals surface area contributed by atoms with Crippen LogP contribution in [0.15, 0.2) is 97.1 Å². The van der Waals surface area contributed by atoms with Crippen molar-refractivity contribution in [2.45, 2.75) is 51.8 Å². The van der Waals surface area contributed by atoms with Gasteiger partial charge in [-0.3, -0.25) is 9.69 Å². The maximum atomic E-state index is 12.9. The topological polar surface area (TPSA) is 29.5 Å². The lowest BCUT2D eigenvalue weighted by atomic mass is 9.97. The molecule has 0 aliphatic rings. The molecule has 0 saturated heterocycles. The molecule has 3 aromatic rings. The average Bonchev–Trinajstić information content (AvgIpc) is 2.81. The van der Waals surface area contributed by atoms with Crippen LogP contribution < -0.4 is 0 Å². The highest BCUT2D eigenvalue weighted by molar-refractivity contribution is 5.71. The first kappa shape index (κ1) is 24.5. The molecule has 0 heterocycles. The number of nitrogens with zero attached hydrogens (tertiary/aromatic N) is 1. The van der Waals surface area contributed by atoms with E-state index in [1.165, 1.54) is 5.56 Å². The van der Waals surface area contributed by atoms with Crippen LogP contribution >= 0.6 is 0 Å². The van der Waals surface area contributed by atoms with Crippen molar-refractivity contribution < 1.29 is 9.53 Å². The first-order valence-corrected chi connectivity index (χ1v) is 11.6. The summed E-state index contributed by atoms with van der Waals surface area (Å²) >= 11 is 0. The summed E-state index contributed by atoms with van der Waals surface area (Å²) in [5, 5.41) is 0. The number of esters is 1. The lowest BCUT2D eigenvalue weighted by Crippen LogP contribution is -2.35. The summed E-state index contributed by atoms with van der Waals surface area (Å²) in [5.41, 5.74) is 2.98. The van der Waals surface area contributed by atoms with E-state index in [4.69, 9.17) is 4.74 Å². The second kappa shape index (κ2) is 11.6. The van der Waals surface area contributed by atoms with Gasteiger partial charge in [0, 0.05) is 18.6 Å². The Morgan fingerprint density at radius 2 is 1.36 bits per heavy atom. The fraction of sp³-hybridized carbons (Fsp3) is 0.300. The molecular formula is C30H35NO2. The second-order valence-corrected chi connectivity index (χ2v) is 9.31. The van der Waals surface area contributed by atoms with Gasteiger partial charge in [0.15, 0.2) is 0 Å². The zero-order chi connectivity index (χ0) is 23.7. The highest BCUT2D eigenvalue weighted by Crippen LogP contribution is 2.33. The van der Waals surface area contributed by atoms with Gasteiger partial charge in [0.05, 0.1) is 6.42 Å². The van der Waals surface area contributed by atoms with E-state index in [9.17, 15) is 4.79 Å². The predicted octanol–water partition coefficient (Wildman–Crippen LogP) is 7.24. The second-order valence-electron chi connectivity index (χ2n) is 9.31. The third-order valence-electron chi connectivity index (χ3n) is 5.57. The van der Waals surface area contributed by atoms with Gasteiger partial charge in [-0.05, 0) is 44.4 Å². The molecular weight excluding hydrogens is 406 g/mol. The number of hydrogen-bond acceptors (Lipinski definition) is 3. The van der Waals surface area contributed by atoms with Crippen molar-refractivity contribution in [3.63, 3.8) is 0 Å². The van der Waals surface area contributed by atoms with Gasteiger partial charge in [-0.2, -0.15) is 0 Å². The lowest BCUT2D eigenvalue weighted by molar-refractivity contribution is -0.156. The van der Waals surface area contributed by atoms with E-state index in [0.717, 1.165) is 11.1 Å². The zero-order valence-electron chi connectivity index (χ0n) is 20.1. The minimum Gasteiger partial charge on any atom is -0.460 e. The Morgan fingerprint density at radius 1 is 0.848 bits per heavy atom. The Balaban J connectivity index is 1.94. The number of rotatable bonds is 9. The lowest BCUT2D eigenvalue weighted by Gasteiger charge is -2.36. The molecule has 0 amide bonds. The minimum atomic E-state index is -0.512. The third-order valence-corrected chi connectivity index (χ3v) is 5.57. The van der Waals surface area contributed by atoms with Crippen LogP contribution in [-0.2, 0) is 9.53 Å². The molecule has 0 aromatic heterocycles. The normalized spacial score (nSPS) is 13.7. The van der Waals surface area contributed by atoms with Crippen molar-refractivity contribution in [2.75, 3.05) is 6.54 Å². The van der Waals surface area contributed by atoms with Gasteiger partial charge in [-0.25, -0.2) is 0 Å². The number of hydrogen-bond donors (Lipinski definition) is 0. The van der Waals surface area contributed by atoms with E-state index in [-0.39, 0.29) is 24.5 Å². The van der Waals surface area contributed by atoms with Crippen molar-refractivity contribution in [3.05, 3.63) is 114 Å². The number of carbonyl (C=O) groups excluding carboxylic acids is 1. The van der Waals surface area contributed by atoms with E-state index >= 15 is 0 Å².